The molecule has 1 atom stereocenters. The van der Waals surface area contributed by atoms with Crippen LogP contribution in [0.4, 0.5) is 43.4 Å². The first-order valence-electron chi connectivity index (χ1n) is 26.9. The molecule has 0 aliphatic carbocycles. The molecule has 25 nitrogen and oxygen atoms in total. The number of ether oxygens (including phenoxy) is 5. The van der Waals surface area contributed by atoms with Crippen molar-refractivity contribution in [3.8, 4) is 84.1 Å². The zero-order valence-corrected chi connectivity index (χ0v) is 48.3. The monoisotopic (exact) mass is 1280 g/mol. The zero-order valence-electron chi connectivity index (χ0n) is 47.5. The van der Waals surface area contributed by atoms with E-state index >= 15 is 13.2 Å². The van der Waals surface area contributed by atoms with Gasteiger partial charge >= 0.3 is 40.2 Å². The van der Waals surface area contributed by atoms with E-state index in [0.717, 1.165) is 12.4 Å². The van der Waals surface area contributed by atoms with Crippen LogP contribution in [-0.2, 0) is 6.18 Å². The Morgan fingerprint density at radius 3 is 1.54 bits per heavy atom. The number of anilines is 3. The standard InChI is InChI=1S/C57H43B3F6N14O11S/c1-87-50-16-38(54-68-24-53(92-54)56(62,63)64)35(13-39(50)58(81)82)27-5-8-33-44(10-27)77-70-22-46(33)74-55(61)90-30-19-72-79(25-30)48-17-51(88-2)41(60(85)86)15-37(48)29-6-9-34-45(12-29)78-71-23-47(34)75-57(65,66)91-31-20-73-80(26-31)49-18-52(89-3)40(59(83)84)14-36(49)28-4-7-32-42(67)21-69-76-43(32)11-28/h4-26,55,81-86H,1-3H3,(H2,67,76)(H,74,77)(H,75,78). The van der Waals surface area contributed by atoms with Crippen LogP contribution in [0.2, 0.25) is 0 Å². The lowest BCUT2D eigenvalue weighted by atomic mass is 9.77. The van der Waals surface area contributed by atoms with Crippen LogP contribution in [0.25, 0.3) is 88.0 Å². The molecule has 35 heteroatoms. The van der Waals surface area contributed by atoms with Crippen LogP contribution >= 0.6 is 11.3 Å². The van der Waals surface area contributed by atoms with Gasteiger partial charge in [0.15, 0.2) is 11.5 Å². The predicted molar refractivity (Wildman–Crippen MR) is 327 cm³/mol. The molecular formula is C57H43B3F6N14O11S. The normalized spacial score (nSPS) is 12.1. The minimum Gasteiger partial charge on any atom is -0.497 e. The second kappa shape index (κ2) is 24.6. The van der Waals surface area contributed by atoms with Crippen molar-refractivity contribution >= 4 is 98.9 Å². The van der Waals surface area contributed by atoms with Gasteiger partial charge in [-0.05, 0) is 76.9 Å². The molecule has 464 valence electrons. The highest BCUT2D eigenvalue weighted by Gasteiger charge is 2.36. The molecule has 6 heterocycles. The Morgan fingerprint density at radius 2 is 1.01 bits per heavy atom. The Kier molecular flexibility index (Phi) is 16.5. The van der Waals surface area contributed by atoms with Gasteiger partial charge in [0.1, 0.15) is 27.1 Å². The first-order chi connectivity index (χ1) is 44.1. The number of benzene rings is 6. The van der Waals surface area contributed by atoms with Gasteiger partial charge in [0.05, 0.1) is 116 Å². The molecule has 0 saturated heterocycles. The van der Waals surface area contributed by atoms with Gasteiger partial charge in [-0.1, -0.05) is 24.3 Å². The number of fused-ring (bicyclic) bond motifs is 3. The topological polar surface area (TPSA) is 343 Å². The van der Waals surface area contributed by atoms with E-state index in [2.05, 4.69) is 56.4 Å². The van der Waals surface area contributed by atoms with Crippen molar-refractivity contribution in [1.29, 1.82) is 0 Å². The maximum absolute atomic E-state index is 16.1. The lowest BCUT2D eigenvalue weighted by Gasteiger charge is -2.20. The Morgan fingerprint density at radius 1 is 0.543 bits per heavy atom. The first-order valence-corrected chi connectivity index (χ1v) is 27.7. The lowest BCUT2D eigenvalue weighted by molar-refractivity contribution is -0.149. The fraction of sp³-hybridized carbons (Fsp3) is 0.105. The fourth-order valence-electron chi connectivity index (χ4n) is 10.2. The Bertz CT molecular complexity index is 4800. The summed E-state index contributed by atoms with van der Waals surface area (Å²) in [7, 11) is -2.20. The first kappa shape index (κ1) is 61.6. The molecule has 12 aromatic rings. The van der Waals surface area contributed by atoms with Gasteiger partial charge in [-0.3, -0.25) is 5.32 Å². The molecule has 10 N–H and O–H groups in total. The van der Waals surface area contributed by atoms with Crippen molar-refractivity contribution in [2.45, 2.75) is 18.9 Å². The molecule has 6 aromatic heterocycles. The number of nitrogens with zero attached hydrogens (tertiary/aromatic N) is 11. The Labute approximate surface area is 518 Å². The average Bonchev–Trinajstić information content (AvgIpc) is 1.17. The molecule has 92 heavy (non-hydrogen) atoms. The second-order valence-corrected chi connectivity index (χ2v) is 21.1. The number of aromatic nitrogens is 11. The molecule has 0 aliphatic heterocycles. The highest BCUT2D eigenvalue weighted by Crippen LogP contribution is 2.43. The summed E-state index contributed by atoms with van der Waals surface area (Å²) in [6, 6.07) is 22.5. The Hall–Kier alpha value is -10.7. The summed E-state index contributed by atoms with van der Waals surface area (Å²) in [5, 5.41) is 100. The number of methoxy groups -OCH3 is 3. The highest BCUT2D eigenvalue weighted by atomic mass is 32.1. The summed E-state index contributed by atoms with van der Waals surface area (Å²) in [5.41, 5.74) is 9.47. The van der Waals surface area contributed by atoms with Crippen molar-refractivity contribution in [2.24, 2.45) is 0 Å². The molecule has 12 rings (SSSR count). The molecule has 0 bridgehead atoms. The van der Waals surface area contributed by atoms with Crippen LogP contribution in [0, 0.1) is 0 Å². The van der Waals surface area contributed by atoms with E-state index in [4.69, 9.17) is 29.4 Å². The van der Waals surface area contributed by atoms with Crippen molar-refractivity contribution < 1.29 is 80.2 Å². The van der Waals surface area contributed by atoms with Gasteiger partial charge in [-0.2, -0.15) is 58.4 Å². The van der Waals surface area contributed by atoms with E-state index in [1.807, 2.05) is 0 Å². The van der Waals surface area contributed by atoms with Crippen molar-refractivity contribution in [2.75, 3.05) is 37.7 Å². The van der Waals surface area contributed by atoms with Crippen LogP contribution < -0.4 is 56.4 Å². The third-order valence-electron chi connectivity index (χ3n) is 14.4. The number of alkyl halides is 6. The van der Waals surface area contributed by atoms with Crippen molar-refractivity contribution in [1.82, 2.24) is 55.1 Å². The number of rotatable bonds is 20. The summed E-state index contributed by atoms with van der Waals surface area (Å²) < 4.78 is 119. The SMILES string of the molecule is COc1cc(-c2ncc(C(F)(F)F)s2)c(-c2ccc3c(NC(F)Oc4cnn(-c5cc(OC)c(B(O)O)cc5-c5ccc6c(NC(F)(F)Oc7cnn(-c8cc(OC)c(B(O)O)cc8-c8ccc9c(N)cnnc9c8)c7)cnnc6c5)c4)cnnc3c2)cc1B(O)O. The number of hydrogen-bond acceptors (Lipinski definition) is 24. The van der Waals surface area contributed by atoms with Crippen LogP contribution in [0.1, 0.15) is 4.88 Å². The zero-order chi connectivity index (χ0) is 64.9. The van der Waals surface area contributed by atoms with Crippen LogP contribution in [-0.4, -0.2) is 141 Å². The van der Waals surface area contributed by atoms with Crippen molar-refractivity contribution in [3.63, 3.8) is 0 Å². The number of halogens is 6. The van der Waals surface area contributed by atoms with E-state index in [1.165, 1.54) is 128 Å². The lowest BCUT2D eigenvalue weighted by Crippen LogP contribution is -2.34. The Balaban J connectivity index is 0.788. The van der Waals surface area contributed by atoms with E-state index < -0.39 is 50.9 Å². The summed E-state index contributed by atoms with van der Waals surface area (Å²) in [6.45, 7) is -2.28. The molecule has 1 unspecified atom stereocenters. The largest absolute Gasteiger partial charge is 0.497 e. The highest BCUT2D eigenvalue weighted by molar-refractivity contribution is 7.15. The molecule has 0 spiro atoms. The molecule has 6 aromatic carbocycles. The number of hydrogen-bond donors (Lipinski definition) is 9. The van der Waals surface area contributed by atoms with E-state index in [-0.39, 0.29) is 100 Å². The van der Waals surface area contributed by atoms with E-state index in [9.17, 15) is 43.3 Å². The van der Waals surface area contributed by atoms with Crippen LogP contribution in [0.3, 0.4) is 0 Å². The molecule has 0 aliphatic rings. The van der Waals surface area contributed by atoms with Gasteiger partial charge in [0, 0.05) is 61.4 Å². The molecule has 0 radical (unpaired) electrons. The molecule has 0 saturated carbocycles. The van der Waals surface area contributed by atoms with E-state index in [0.29, 0.717) is 61.8 Å². The summed E-state index contributed by atoms with van der Waals surface area (Å²) >= 11 is 0.372. The summed E-state index contributed by atoms with van der Waals surface area (Å²) in [6.07, 6.45) is 0.242. The van der Waals surface area contributed by atoms with Gasteiger partial charge in [-0.25, -0.2) is 14.3 Å². The van der Waals surface area contributed by atoms with E-state index in [1.54, 1.807) is 24.3 Å². The second-order valence-electron chi connectivity index (χ2n) is 20.1. The minimum absolute atomic E-state index is 0.000995. The fourth-order valence-corrected chi connectivity index (χ4v) is 11.0. The third kappa shape index (κ3) is 12.2. The maximum Gasteiger partial charge on any atom is 0.494 e. The number of nitrogens with two attached hydrogens (primary N) is 1. The third-order valence-corrected chi connectivity index (χ3v) is 15.5. The average molecular weight is 1280 g/mol. The van der Waals surface area contributed by atoms with Gasteiger partial charge < -0.3 is 64.9 Å². The summed E-state index contributed by atoms with van der Waals surface area (Å²) in [5.74, 6) is -0.515. The minimum atomic E-state index is -4.68. The van der Waals surface area contributed by atoms with Gasteiger partial charge in [-0.15, -0.1) is 20.1 Å². The van der Waals surface area contributed by atoms with Crippen LogP contribution in [0.5, 0.6) is 28.7 Å². The van der Waals surface area contributed by atoms with Gasteiger partial charge in [0.2, 0.25) is 0 Å². The van der Waals surface area contributed by atoms with Crippen molar-refractivity contribution in [3.05, 3.63) is 145 Å². The number of nitrogen functional groups attached to an aromatic ring is 1. The smallest absolute Gasteiger partial charge is 0.494 e. The van der Waals surface area contributed by atoms with Crippen LogP contribution in [0.15, 0.2) is 141 Å². The summed E-state index contributed by atoms with van der Waals surface area (Å²) in [4.78, 5) is 3.03. The molecular weight excluding hydrogens is 1240 g/mol. The predicted octanol–water partition coefficient (Wildman–Crippen LogP) is 5.46. The number of thiazole rings is 1. The number of nitrogens with one attached hydrogen (secondary N) is 2. The van der Waals surface area contributed by atoms with Gasteiger partial charge in [0.25, 0.3) is 0 Å². The molecule has 0 fully saturated rings. The quantitative estimate of drug-likeness (QED) is 0.0198. The molecule has 0 amide bonds. The maximum atomic E-state index is 16.1.